The van der Waals surface area contributed by atoms with Crippen LogP contribution in [0.25, 0.3) is 11.4 Å². The molecule has 150 valence electrons. The Morgan fingerprint density at radius 3 is 2.32 bits per heavy atom. The lowest BCUT2D eigenvalue weighted by molar-refractivity contribution is -0.139. The van der Waals surface area contributed by atoms with Gasteiger partial charge in [-0.3, -0.25) is 9.59 Å². The number of carbonyl (C=O) groups excluding carboxylic acids is 2. The molecule has 0 N–H and O–H groups in total. The van der Waals surface area contributed by atoms with Gasteiger partial charge in [0.25, 0.3) is 0 Å². The molecule has 28 heavy (non-hydrogen) atoms. The first-order chi connectivity index (χ1) is 13.6. The van der Waals surface area contributed by atoms with Gasteiger partial charge in [0.2, 0.25) is 23.5 Å². The van der Waals surface area contributed by atoms with Gasteiger partial charge >= 0.3 is 0 Å². The molecule has 0 atom stereocenters. The summed E-state index contributed by atoms with van der Waals surface area (Å²) in [5, 5.41) is 4.00. The van der Waals surface area contributed by atoms with Crippen LogP contribution in [0.5, 0.6) is 5.75 Å². The quantitative estimate of drug-likeness (QED) is 0.724. The Morgan fingerprint density at radius 1 is 1.07 bits per heavy atom. The van der Waals surface area contributed by atoms with E-state index in [9.17, 15) is 9.59 Å². The number of methoxy groups -OCH3 is 1. The van der Waals surface area contributed by atoms with Gasteiger partial charge in [-0.05, 0) is 30.7 Å². The van der Waals surface area contributed by atoms with Crippen LogP contribution in [0.1, 0.15) is 32.1 Å². The Morgan fingerprint density at radius 2 is 1.71 bits per heavy atom. The molecule has 0 radical (unpaired) electrons. The Hall–Kier alpha value is -2.90. The molecule has 1 fully saturated rings. The fourth-order valence-corrected chi connectivity index (χ4v) is 3.19. The van der Waals surface area contributed by atoms with Gasteiger partial charge in [-0.2, -0.15) is 4.98 Å². The first-order valence-electron chi connectivity index (χ1n) is 9.63. The van der Waals surface area contributed by atoms with Crippen LogP contribution in [0.15, 0.2) is 28.8 Å². The highest BCUT2D eigenvalue weighted by atomic mass is 16.5. The zero-order chi connectivity index (χ0) is 19.9. The second-order valence-electron chi connectivity index (χ2n) is 6.71. The lowest BCUT2D eigenvalue weighted by Crippen LogP contribution is -2.50. The second kappa shape index (κ2) is 9.34. The maximum atomic E-state index is 12.4. The smallest absolute Gasteiger partial charge is 0.226 e. The normalized spacial score (nSPS) is 14.2. The molecule has 1 aromatic carbocycles. The summed E-state index contributed by atoms with van der Waals surface area (Å²) in [6.07, 6.45) is 2.15. The molecule has 2 heterocycles. The number of carbonyl (C=O) groups is 2. The van der Waals surface area contributed by atoms with Crippen molar-refractivity contribution in [2.75, 3.05) is 33.3 Å². The zero-order valence-electron chi connectivity index (χ0n) is 16.4. The average molecular weight is 386 g/mol. The molecule has 2 aromatic rings. The zero-order valence-corrected chi connectivity index (χ0v) is 16.4. The minimum atomic E-state index is 0.110. The highest BCUT2D eigenvalue weighted by molar-refractivity contribution is 5.78. The van der Waals surface area contributed by atoms with E-state index in [-0.39, 0.29) is 11.8 Å². The lowest BCUT2D eigenvalue weighted by atomic mass is 10.2. The number of benzene rings is 1. The van der Waals surface area contributed by atoms with Crippen LogP contribution < -0.4 is 4.74 Å². The van der Waals surface area contributed by atoms with Gasteiger partial charge in [-0.25, -0.2) is 0 Å². The minimum absolute atomic E-state index is 0.110. The number of amides is 2. The lowest BCUT2D eigenvalue weighted by Gasteiger charge is -2.34. The van der Waals surface area contributed by atoms with Crippen LogP contribution in [-0.4, -0.2) is 65.0 Å². The molecule has 8 heteroatoms. The number of ether oxygens (including phenoxy) is 1. The molecule has 8 nitrogen and oxygen atoms in total. The molecule has 3 rings (SSSR count). The van der Waals surface area contributed by atoms with Gasteiger partial charge in [0, 0.05) is 51.0 Å². The summed E-state index contributed by atoms with van der Waals surface area (Å²) < 4.78 is 10.4. The number of hydrogen-bond acceptors (Lipinski definition) is 6. The summed E-state index contributed by atoms with van der Waals surface area (Å²) >= 11 is 0. The van der Waals surface area contributed by atoms with Crippen molar-refractivity contribution in [3.05, 3.63) is 30.2 Å². The van der Waals surface area contributed by atoms with Gasteiger partial charge in [0.1, 0.15) is 5.75 Å². The molecule has 2 amide bonds. The summed E-state index contributed by atoms with van der Waals surface area (Å²) in [7, 11) is 1.62. The third-order valence-corrected chi connectivity index (χ3v) is 4.89. The van der Waals surface area contributed by atoms with E-state index >= 15 is 0 Å². The predicted octanol–water partition coefficient (Wildman–Crippen LogP) is 2.15. The van der Waals surface area contributed by atoms with Crippen LogP contribution in [0, 0.1) is 0 Å². The molecule has 1 aliphatic heterocycles. The number of hydrogen-bond donors (Lipinski definition) is 0. The monoisotopic (exact) mass is 386 g/mol. The van der Waals surface area contributed by atoms with Gasteiger partial charge in [0.05, 0.1) is 7.11 Å². The Labute approximate surface area is 164 Å². The third kappa shape index (κ3) is 4.88. The van der Waals surface area contributed by atoms with Crippen LogP contribution in [0.4, 0.5) is 0 Å². The van der Waals surface area contributed by atoms with E-state index in [1.165, 1.54) is 0 Å². The van der Waals surface area contributed by atoms with E-state index in [0.717, 1.165) is 11.3 Å². The average Bonchev–Trinajstić information content (AvgIpc) is 3.22. The molecular formula is C20H26N4O4. The number of aromatic nitrogens is 2. The van der Waals surface area contributed by atoms with Crippen molar-refractivity contribution in [3.63, 3.8) is 0 Å². The van der Waals surface area contributed by atoms with Crippen molar-refractivity contribution in [1.29, 1.82) is 0 Å². The van der Waals surface area contributed by atoms with E-state index in [2.05, 4.69) is 10.1 Å². The number of nitrogens with zero attached hydrogens (tertiary/aromatic N) is 4. The molecule has 0 aliphatic carbocycles. The summed E-state index contributed by atoms with van der Waals surface area (Å²) in [4.78, 5) is 32.1. The Bertz CT molecular complexity index is 795. The molecule has 0 saturated carbocycles. The van der Waals surface area contributed by atoms with Crippen molar-refractivity contribution >= 4 is 11.8 Å². The molecule has 0 unspecified atom stereocenters. The third-order valence-electron chi connectivity index (χ3n) is 4.89. The summed E-state index contributed by atoms with van der Waals surface area (Å²) in [6, 6.07) is 7.44. The topological polar surface area (TPSA) is 88.8 Å². The Balaban J connectivity index is 1.43. The molecule has 1 saturated heterocycles. The van der Waals surface area contributed by atoms with Crippen molar-refractivity contribution in [1.82, 2.24) is 19.9 Å². The highest BCUT2D eigenvalue weighted by Crippen LogP contribution is 2.20. The number of piperazine rings is 1. The van der Waals surface area contributed by atoms with Gasteiger partial charge in [0.15, 0.2) is 0 Å². The molecular weight excluding hydrogens is 360 g/mol. The largest absolute Gasteiger partial charge is 0.497 e. The van der Waals surface area contributed by atoms with E-state index in [1.807, 2.05) is 41.0 Å². The van der Waals surface area contributed by atoms with Crippen LogP contribution in [0.2, 0.25) is 0 Å². The fraction of sp³-hybridized carbons (Fsp3) is 0.500. The number of aryl methyl sites for hydroxylation is 1. The maximum Gasteiger partial charge on any atom is 0.226 e. The first-order valence-corrected chi connectivity index (χ1v) is 9.63. The summed E-state index contributed by atoms with van der Waals surface area (Å²) in [5.41, 5.74) is 0.853. The molecule has 0 bridgehead atoms. The summed E-state index contributed by atoms with van der Waals surface area (Å²) in [5.74, 6) is 2.08. The van der Waals surface area contributed by atoms with Crippen molar-refractivity contribution in [3.8, 4) is 17.1 Å². The van der Waals surface area contributed by atoms with E-state index in [0.29, 0.717) is 63.6 Å². The standard InChI is InChI=1S/C20H26N4O4/c1-3-18(25)23-11-13-24(14-12-23)19(26)6-4-5-17-21-20(22-28-17)15-7-9-16(27-2)10-8-15/h7-10H,3-6,11-14H2,1-2H3. The molecule has 1 aliphatic rings. The Kier molecular flexibility index (Phi) is 6.62. The molecule has 1 aromatic heterocycles. The minimum Gasteiger partial charge on any atom is -0.497 e. The van der Waals surface area contributed by atoms with Crippen LogP contribution in [-0.2, 0) is 16.0 Å². The van der Waals surface area contributed by atoms with Gasteiger partial charge in [-0.1, -0.05) is 12.1 Å². The molecule has 0 spiro atoms. The first kappa shape index (κ1) is 19.9. The fourth-order valence-electron chi connectivity index (χ4n) is 3.19. The predicted molar refractivity (Wildman–Crippen MR) is 103 cm³/mol. The van der Waals surface area contributed by atoms with E-state index in [1.54, 1.807) is 7.11 Å². The van der Waals surface area contributed by atoms with E-state index < -0.39 is 0 Å². The van der Waals surface area contributed by atoms with Crippen LogP contribution >= 0.6 is 0 Å². The van der Waals surface area contributed by atoms with Gasteiger partial charge < -0.3 is 19.1 Å². The van der Waals surface area contributed by atoms with E-state index in [4.69, 9.17) is 9.26 Å². The maximum absolute atomic E-state index is 12.4. The summed E-state index contributed by atoms with van der Waals surface area (Å²) in [6.45, 7) is 4.30. The van der Waals surface area contributed by atoms with Crippen molar-refractivity contribution in [2.45, 2.75) is 32.6 Å². The van der Waals surface area contributed by atoms with Gasteiger partial charge in [-0.15, -0.1) is 0 Å². The van der Waals surface area contributed by atoms with Crippen molar-refractivity contribution in [2.24, 2.45) is 0 Å². The number of rotatable bonds is 7. The second-order valence-corrected chi connectivity index (χ2v) is 6.71. The van der Waals surface area contributed by atoms with Crippen molar-refractivity contribution < 1.29 is 18.8 Å². The van der Waals surface area contributed by atoms with Crippen LogP contribution in [0.3, 0.4) is 0 Å². The SMILES string of the molecule is CCC(=O)N1CCN(C(=O)CCCc2nc(-c3ccc(OC)cc3)no2)CC1. The highest BCUT2D eigenvalue weighted by Gasteiger charge is 2.23.